The van der Waals surface area contributed by atoms with Crippen LogP contribution < -0.4 is 0 Å². The molecule has 94 valence electrons. The van der Waals surface area contributed by atoms with Crippen LogP contribution in [0.5, 0.6) is 0 Å². The first kappa shape index (κ1) is 11.5. The molecule has 1 saturated heterocycles. The number of benzene rings is 1. The fourth-order valence-corrected chi connectivity index (χ4v) is 2.82. The number of aromatic nitrogens is 2. The van der Waals surface area contributed by atoms with Crippen LogP contribution in [0.25, 0.3) is 0 Å². The van der Waals surface area contributed by atoms with E-state index in [-0.39, 0.29) is 0 Å². The van der Waals surface area contributed by atoms with Gasteiger partial charge in [-0.15, -0.1) is 0 Å². The number of rotatable bonds is 3. The summed E-state index contributed by atoms with van der Waals surface area (Å²) in [4.78, 5) is 2.56. The zero-order chi connectivity index (χ0) is 12.4. The fourth-order valence-electron chi connectivity index (χ4n) is 2.82. The predicted molar refractivity (Wildman–Crippen MR) is 72.0 cm³/mol. The van der Waals surface area contributed by atoms with Gasteiger partial charge in [-0.2, -0.15) is 5.10 Å². The third-order valence-corrected chi connectivity index (χ3v) is 3.70. The largest absolute Gasteiger partial charge is 0.292 e. The molecule has 1 fully saturated rings. The monoisotopic (exact) mass is 241 g/mol. The Morgan fingerprint density at radius 3 is 2.83 bits per heavy atom. The summed E-state index contributed by atoms with van der Waals surface area (Å²) in [5.41, 5.74) is 2.75. The van der Waals surface area contributed by atoms with Crippen LogP contribution in [0.3, 0.4) is 0 Å². The Balaban J connectivity index is 1.75. The third kappa shape index (κ3) is 2.31. The lowest BCUT2D eigenvalue weighted by Gasteiger charge is -2.23. The van der Waals surface area contributed by atoms with Gasteiger partial charge in [-0.3, -0.25) is 9.58 Å². The van der Waals surface area contributed by atoms with Gasteiger partial charge in [0.1, 0.15) is 0 Å². The van der Waals surface area contributed by atoms with Gasteiger partial charge < -0.3 is 0 Å². The summed E-state index contributed by atoms with van der Waals surface area (Å²) >= 11 is 0. The van der Waals surface area contributed by atoms with E-state index in [1.807, 2.05) is 17.9 Å². The van der Waals surface area contributed by atoms with Crippen LogP contribution in [0.4, 0.5) is 0 Å². The molecule has 0 N–H and O–H groups in total. The van der Waals surface area contributed by atoms with E-state index in [1.165, 1.54) is 30.5 Å². The molecule has 3 nitrogen and oxygen atoms in total. The molecule has 2 heterocycles. The molecule has 18 heavy (non-hydrogen) atoms. The molecule has 3 rings (SSSR count). The molecule has 1 aromatic heterocycles. The van der Waals surface area contributed by atoms with E-state index < -0.39 is 0 Å². The van der Waals surface area contributed by atoms with Crippen molar-refractivity contribution in [3.05, 3.63) is 53.9 Å². The van der Waals surface area contributed by atoms with E-state index >= 15 is 0 Å². The molecule has 1 aromatic carbocycles. The van der Waals surface area contributed by atoms with Gasteiger partial charge in [-0.1, -0.05) is 30.3 Å². The standard InChI is InChI=1S/C15H19N3/c1-17-12-14(10-16-17)15-8-5-9-18(15)11-13-6-3-2-4-7-13/h2-4,6-7,10,12,15H,5,8-9,11H2,1H3. The van der Waals surface area contributed by atoms with Gasteiger partial charge in [0.05, 0.1) is 6.20 Å². The van der Waals surface area contributed by atoms with Crippen molar-refractivity contribution in [1.82, 2.24) is 14.7 Å². The van der Waals surface area contributed by atoms with E-state index in [0.29, 0.717) is 6.04 Å². The maximum atomic E-state index is 4.29. The number of hydrogen-bond donors (Lipinski definition) is 0. The molecule has 1 aliphatic heterocycles. The molecule has 1 atom stereocenters. The zero-order valence-corrected chi connectivity index (χ0v) is 10.8. The van der Waals surface area contributed by atoms with Crippen molar-refractivity contribution in [2.24, 2.45) is 7.05 Å². The minimum atomic E-state index is 0.541. The number of aryl methyl sites for hydroxylation is 1. The Labute approximate surface area is 108 Å². The molecular weight excluding hydrogens is 222 g/mol. The van der Waals surface area contributed by atoms with Crippen LogP contribution >= 0.6 is 0 Å². The second-order valence-corrected chi connectivity index (χ2v) is 5.06. The summed E-state index contributed by atoms with van der Waals surface area (Å²) in [5, 5.41) is 4.29. The van der Waals surface area contributed by atoms with Crippen molar-refractivity contribution in [2.45, 2.75) is 25.4 Å². The first-order chi connectivity index (χ1) is 8.83. The predicted octanol–water partition coefficient (Wildman–Crippen LogP) is 2.76. The van der Waals surface area contributed by atoms with E-state index in [9.17, 15) is 0 Å². The summed E-state index contributed by atoms with van der Waals surface area (Å²) in [6.45, 7) is 2.23. The summed E-state index contributed by atoms with van der Waals surface area (Å²) in [7, 11) is 1.99. The van der Waals surface area contributed by atoms with Gasteiger partial charge in [0.2, 0.25) is 0 Å². The van der Waals surface area contributed by atoms with Crippen molar-refractivity contribution in [1.29, 1.82) is 0 Å². The highest BCUT2D eigenvalue weighted by Crippen LogP contribution is 2.32. The lowest BCUT2D eigenvalue weighted by Crippen LogP contribution is -2.22. The maximum absolute atomic E-state index is 4.29. The zero-order valence-electron chi connectivity index (χ0n) is 10.8. The Morgan fingerprint density at radius 2 is 2.11 bits per heavy atom. The molecule has 3 heteroatoms. The van der Waals surface area contributed by atoms with E-state index in [1.54, 1.807) is 0 Å². The van der Waals surface area contributed by atoms with Crippen LogP contribution in [0.1, 0.15) is 30.0 Å². The van der Waals surface area contributed by atoms with Crippen molar-refractivity contribution in [3.63, 3.8) is 0 Å². The van der Waals surface area contributed by atoms with Crippen LogP contribution in [0.2, 0.25) is 0 Å². The van der Waals surface area contributed by atoms with E-state index in [0.717, 1.165) is 6.54 Å². The van der Waals surface area contributed by atoms with Gasteiger partial charge in [0.25, 0.3) is 0 Å². The SMILES string of the molecule is Cn1cc(C2CCCN2Cc2ccccc2)cn1. The van der Waals surface area contributed by atoms with E-state index in [4.69, 9.17) is 0 Å². The Morgan fingerprint density at radius 1 is 1.28 bits per heavy atom. The van der Waals surface area contributed by atoms with Crippen molar-refractivity contribution in [2.75, 3.05) is 6.54 Å². The highest BCUT2D eigenvalue weighted by molar-refractivity contribution is 5.17. The minimum absolute atomic E-state index is 0.541. The molecule has 0 bridgehead atoms. The summed E-state index contributed by atoms with van der Waals surface area (Å²) in [6.07, 6.45) is 6.69. The van der Waals surface area contributed by atoms with Crippen LogP contribution in [0.15, 0.2) is 42.7 Å². The first-order valence-corrected chi connectivity index (χ1v) is 6.59. The average molecular weight is 241 g/mol. The molecule has 0 amide bonds. The summed E-state index contributed by atoms with van der Waals surface area (Å²) < 4.78 is 1.90. The highest BCUT2D eigenvalue weighted by Gasteiger charge is 2.26. The van der Waals surface area contributed by atoms with E-state index in [2.05, 4.69) is 46.5 Å². The lowest BCUT2D eigenvalue weighted by molar-refractivity contribution is 0.248. The summed E-state index contributed by atoms with van der Waals surface area (Å²) in [5.74, 6) is 0. The molecule has 0 aliphatic carbocycles. The fraction of sp³-hybridized carbons (Fsp3) is 0.400. The quantitative estimate of drug-likeness (QED) is 0.824. The number of hydrogen-bond acceptors (Lipinski definition) is 2. The first-order valence-electron chi connectivity index (χ1n) is 6.59. The number of likely N-dealkylation sites (tertiary alicyclic amines) is 1. The second-order valence-electron chi connectivity index (χ2n) is 5.06. The van der Waals surface area contributed by atoms with Gasteiger partial charge in [-0.25, -0.2) is 0 Å². The molecule has 0 spiro atoms. The Hall–Kier alpha value is -1.61. The maximum Gasteiger partial charge on any atom is 0.0537 e. The second kappa shape index (κ2) is 4.94. The van der Waals surface area contributed by atoms with Gasteiger partial charge in [0, 0.05) is 31.4 Å². The van der Waals surface area contributed by atoms with Crippen LogP contribution in [0, 0.1) is 0 Å². The lowest BCUT2D eigenvalue weighted by atomic mass is 10.1. The third-order valence-electron chi connectivity index (χ3n) is 3.70. The number of nitrogens with zero attached hydrogens (tertiary/aromatic N) is 3. The molecule has 0 saturated carbocycles. The van der Waals surface area contributed by atoms with Crippen LogP contribution in [-0.4, -0.2) is 21.2 Å². The molecule has 1 aliphatic rings. The topological polar surface area (TPSA) is 21.1 Å². The smallest absolute Gasteiger partial charge is 0.0537 e. The van der Waals surface area contributed by atoms with Gasteiger partial charge >= 0.3 is 0 Å². The molecule has 0 radical (unpaired) electrons. The van der Waals surface area contributed by atoms with Crippen molar-refractivity contribution in [3.8, 4) is 0 Å². The molecule has 2 aromatic rings. The minimum Gasteiger partial charge on any atom is -0.292 e. The van der Waals surface area contributed by atoms with Gasteiger partial charge in [0.15, 0.2) is 0 Å². The molecular formula is C15H19N3. The van der Waals surface area contributed by atoms with Crippen molar-refractivity contribution >= 4 is 0 Å². The Bertz CT molecular complexity index is 503. The van der Waals surface area contributed by atoms with Crippen molar-refractivity contribution < 1.29 is 0 Å². The van der Waals surface area contributed by atoms with Crippen LogP contribution in [-0.2, 0) is 13.6 Å². The van der Waals surface area contributed by atoms with Gasteiger partial charge in [-0.05, 0) is 24.9 Å². The highest BCUT2D eigenvalue weighted by atomic mass is 15.3. The Kier molecular flexibility index (Phi) is 3.15. The normalized spacial score (nSPS) is 20.4. The molecule has 1 unspecified atom stereocenters. The summed E-state index contributed by atoms with van der Waals surface area (Å²) in [6, 6.07) is 11.3. The average Bonchev–Trinajstić information content (AvgIpc) is 2.99.